The van der Waals surface area contributed by atoms with Crippen LogP contribution in [0.4, 0.5) is 0 Å². The molecule has 0 saturated heterocycles. The van der Waals surface area contributed by atoms with Crippen molar-refractivity contribution in [3.8, 4) is 0 Å². The first-order valence-corrected chi connectivity index (χ1v) is 2.99. The Morgan fingerprint density at radius 1 is 1.18 bits per heavy atom. The molecule has 11 heavy (non-hydrogen) atoms. The quantitative estimate of drug-likeness (QED) is 0.518. The number of nitrogens with zero attached hydrogens (tertiary/aromatic N) is 2. The monoisotopic (exact) mass is 166 g/mol. The summed E-state index contributed by atoms with van der Waals surface area (Å²) in [5, 5.41) is 8.07. The molecule has 0 aromatic heterocycles. The normalized spacial score (nSPS) is 8.64. The summed E-state index contributed by atoms with van der Waals surface area (Å²) in [6.45, 7) is 0. The van der Waals surface area contributed by atoms with Gasteiger partial charge in [-0.25, -0.2) is 0 Å². The number of halogens is 1. The van der Waals surface area contributed by atoms with Gasteiger partial charge in [-0.2, -0.15) is 0 Å². The van der Waals surface area contributed by atoms with Gasteiger partial charge in [-0.15, -0.1) is 0 Å². The molecule has 0 aliphatic rings. The largest absolute Gasteiger partial charge is 1.00 e. The van der Waals surface area contributed by atoms with Crippen LogP contribution in [0, 0.1) is 5.39 Å². The molecule has 0 N–H and O–H groups in total. The van der Waals surface area contributed by atoms with Crippen molar-refractivity contribution in [3.63, 3.8) is 0 Å². The molecule has 2 nitrogen and oxygen atoms in total. The Labute approximate surface area is 71.6 Å². The van der Waals surface area contributed by atoms with Gasteiger partial charge >= 0.3 is 6.20 Å². The van der Waals surface area contributed by atoms with E-state index in [0.29, 0.717) is 0 Å². The van der Waals surface area contributed by atoms with Gasteiger partial charge in [0.05, 0.1) is 0 Å². The maximum absolute atomic E-state index is 8.07. The maximum Gasteiger partial charge on any atom is 0.351 e. The average molecular weight is 167 g/mol. The van der Waals surface area contributed by atoms with Crippen LogP contribution in [0.1, 0.15) is 5.56 Å². The van der Waals surface area contributed by atoms with Gasteiger partial charge in [-0.1, -0.05) is 30.3 Å². The first-order valence-electron chi connectivity index (χ1n) is 2.99. The van der Waals surface area contributed by atoms with Gasteiger partial charge in [0.2, 0.25) is 5.39 Å². The lowest BCUT2D eigenvalue weighted by Crippen LogP contribution is -3.00. The summed E-state index contributed by atoms with van der Waals surface area (Å²) in [5.74, 6) is 0. The molecule has 0 aliphatic carbocycles. The Balaban J connectivity index is 0.000001000. The molecule has 0 spiro atoms. The first-order chi connectivity index (χ1) is 4.93. The molecular weight excluding hydrogens is 160 g/mol. The third kappa shape index (κ3) is 3.39. The molecular formula is C8H7ClN2. The molecule has 1 aromatic rings. The van der Waals surface area contributed by atoms with Crippen LogP contribution in [-0.4, -0.2) is 0 Å². The summed E-state index contributed by atoms with van der Waals surface area (Å²) in [6.07, 6.45) is 3.06. The van der Waals surface area contributed by atoms with Crippen molar-refractivity contribution in [2.45, 2.75) is 0 Å². The molecule has 0 fully saturated rings. The number of benzene rings is 1. The Morgan fingerprint density at radius 3 is 2.36 bits per heavy atom. The molecule has 56 valence electrons. The van der Waals surface area contributed by atoms with Crippen LogP contribution in [0.25, 0.3) is 11.1 Å². The predicted molar refractivity (Wildman–Crippen MR) is 40.6 cm³/mol. The Bertz CT molecular complexity index is 261. The second-order valence-corrected chi connectivity index (χ2v) is 1.84. The van der Waals surface area contributed by atoms with E-state index < -0.39 is 0 Å². The molecule has 0 saturated carbocycles. The topological polar surface area (TPSA) is 28.1 Å². The zero-order valence-electron chi connectivity index (χ0n) is 5.81. The number of hydrogen-bond donors (Lipinski definition) is 0. The second kappa shape index (κ2) is 5.45. The van der Waals surface area contributed by atoms with Gasteiger partial charge in [0, 0.05) is 6.08 Å². The van der Waals surface area contributed by atoms with Crippen molar-refractivity contribution in [2.75, 3.05) is 0 Å². The van der Waals surface area contributed by atoms with E-state index >= 15 is 0 Å². The van der Waals surface area contributed by atoms with E-state index in [1.54, 1.807) is 6.08 Å². The van der Waals surface area contributed by atoms with Crippen LogP contribution in [0.15, 0.2) is 36.5 Å². The van der Waals surface area contributed by atoms with Crippen molar-refractivity contribution in [3.05, 3.63) is 47.1 Å². The smallest absolute Gasteiger partial charge is 0.351 e. The Kier molecular flexibility index (Phi) is 4.80. The molecule has 3 heteroatoms. The third-order valence-corrected chi connectivity index (χ3v) is 1.13. The molecule has 0 unspecified atom stereocenters. The fourth-order valence-corrected chi connectivity index (χ4v) is 0.684. The van der Waals surface area contributed by atoms with Crippen molar-refractivity contribution < 1.29 is 12.4 Å². The number of diazo groups is 1. The number of hydrogen-bond acceptors (Lipinski definition) is 1. The highest BCUT2D eigenvalue weighted by atomic mass is 35.5. The van der Waals surface area contributed by atoms with Crippen molar-refractivity contribution in [1.82, 2.24) is 0 Å². The van der Waals surface area contributed by atoms with E-state index in [1.807, 2.05) is 30.3 Å². The minimum atomic E-state index is 0. The fourth-order valence-electron chi connectivity index (χ4n) is 0.684. The van der Waals surface area contributed by atoms with E-state index in [0.717, 1.165) is 5.56 Å². The highest BCUT2D eigenvalue weighted by Gasteiger charge is 1.84. The van der Waals surface area contributed by atoms with Gasteiger partial charge in [0.1, 0.15) is 0 Å². The number of rotatable bonds is 1. The highest BCUT2D eigenvalue weighted by Crippen LogP contribution is 1.99. The fraction of sp³-hybridized carbons (Fsp3) is 0. The lowest BCUT2D eigenvalue weighted by atomic mass is 10.2. The molecule has 1 rings (SSSR count). The van der Waals surface area contributed by atoms with E-state index in [1.165, 1.54) is 6.20 Å². The molecule has 0 radical (unpaired) electrons. The summed E-state index contributed by atoms with van der Waals surface area (Å²) >= 11 is 0. The molecule has 0 heterocycles. The minimum absolute atomic E-state index is 0. The lowest BCUT2D eigenvalue weighted by Gasteiger charge is -1.84. The van der Waals surface area contributed by atoms with Crippen LogP contribution in [0.2, 0.25) is 0 Å². The van der Waals surface area contributed by atoms with E-state index in [9.17, 15) is 0 Å². The minimum Gasteiger partial charge on any atom is -1.00 e. The second-order valence-electron chi connectivity index (χ2n) is 1.84. The lowest BCUT2D eigenvalue weighted by molar-refractivity contribution is -0.00000221. The van der Waals surface area contributed by atoms with E-state index in [4.69, 9.17) is 5.39 Å². The van der Waals surface area contributed by atoms with Crippen molar-refractivity contribution in [1.29, 1.82) is 5.39 Å². The van der Waals surface area contributed by atoms with Gasteiger partial charge in [0.25, 0.3) is 0 Å². The van der Waals surface area contributed by atoms with E-state index in [2.05, 4.69) is 4.98 Å². The van der Waals surface area contributed by atoms with Crippen LogP contribution < -0.4 is 12.4 Å². The summed E-state index contributed by atoms with van der Waals surface area (Å²) in [6, 6.07) is 9.66. The van der Waals surface area contributed by atoms with Crippen LogP contribution in [-0.2, 0) is 0 Å². The van der Waals surface area contributed by atoms with Crippen molar-refractivity contribution >= 4 is 6.08 Å². The molecule has 1 aromatic carbocycles. The van der Waals surface area contributed by atoms with Crippen LogP contribution in [0.3, 0.4) is 0 Å². The van der Waals surface area contributed by atoms with Gasteiger partial charge in [-0.05, 0) is 5.56 Å². The summed E-state index contributed by atoms with van der Waals surface area (Å²) < 4.78 is 0. The Hall–Kier alpha value is -1.33. The zero-order valence-corrected chi connectivity index (χ0v) is 6.57. The maximum atomic E-state index is 8.07. The molecule has 0 amide bonds. The summed E-state index contributed by atoms with van der Waals surface area (Å²) in [7, 11) is 0. The zero-order chi connectivity index (χ0) is 7.23. The SMILES string of the molecule is N#[N+]C=Cc1ccccc1.[Cl-]. The van der Waals surface area contributed by atoms with Crippen molar-refractivity contribution in [2.24, 2.45) is 0 Å². The van der Waals surface area contributed by atoms with Gasteiger partial charge in [0.15, 0.2) is 4.98 Å². The summed E-state index contributed by atoms with van der Waals surface area (Å²) in [5.41, 5.74) is 1.03. The first kappa shape index (κ1) is 9.67. The highest BCUT2D eigenvalue weighted by molar-refractivity contribution is 5.49. The summed E-state index contributed by atoms with van der Waals surface area (Å²) in [4.78, 5) is 2.85. The molecule has 0 bridgehead atoms. The third-order valence-electron chi connectivity index (χ3n) is 1.13. The van der Waals surface area contributed by atoms with Crippen LogP contribution >= 0.6 is 0 Å². The van der Waals surface area contributed by atoms with Gasteiger partial charge < -0.3 is 12.4 Å². The average Bonchev–Trinajstić information content (AvgIpc) is 2.03. The van der Waals surface area contributed by atoms with Gasteiger partial charge in [-0.3, -0.25) is 0 Å². The molecule has 0 atom stereocenters. The standard InChI is InChI=1S/C8H7N2.ClH/c9-10-7-6-8-4-2-1-3-5-8;/h1-7H;1H/q+1;/p-1. The Morgan fingerprint density at radius 2 is 1.82 bits per heavy atom. The van der Waals surface area contributed by atoms with E-state index in [-0.39, 0.29) is 12.4 Å². The molecule has 0 aliphatic heterocycles. The predicted octanol–water partition coefficient (Wildman–Crippen LogP) is -0.486. The van der Waals surface area contributed by atoms with Crippen LogP contribution in [0.5, 0.6) is 0 Å².